The maximum absolute atomic E-state index is 4.49. The minimum atomic E-state index is 0.630. The number of benzene rings is 2. The lowest BCUT2D eigenvalue weighted by Gasteiger charge is -2.23. The number of nitrogens with zero attached hydrogens (tertiary/aromatic N) is 4. The van der Waals surface area contributed by atoms with Crippen LogP contribution in [0.1, 0.15) is 24.7 Å². The van der Waals surface area contributed by atoms with Crippen molar-refractivity contribution in [1.82, 2.24) is 20.2 Å². The van der Waals surface area contributed by atoms with Crippen LogP contribution in [0.25, 0.3) is 0 Å². The Morgan fingerprint density at radius 3 is 2.47 bits per heavy atom. The molecule has 30 heavy (non-hydrogen) atoms. The second kappa shape index (κ2) is 11.7. The topological polar surface area (TPSA) is 57.5 Å². The third-order valence-electron chi connectivity index (χ3n) is 5.04. The fourth-order valence-corrected chi connectivity index (χ4v) is 3.40. The lowest BCUT2D eigenvalue weighted by molar-refractivity contribution is 0.676. The van der Waals surface area contributed by atoms with Crippen LogP contribution < -0.4 is 15.5 Å². The van der Waals surface area contributed by atoms with Gasteiger partial charge in [-0.2, -0.15) is 0 Å². The summed E-state index contributed by atoms with van der Waals surface area (Å²) >= 11 is 0. The fraction of sp³-hybridized carbons (Fsp3) is 0.333. The molecule has 0 radical (unpaired) electrons. The van der Waals surface area contributed by atoms with Gasteiger partial charge in [-0.15, -0.1) is 0 Å². The predicted molar refractivity (Wildman–Crippen MR) is 125 cm³/mol. The second-order valence-corrected chi connectivity index (χ2v) is 7.08. The molecule has 0 aliphatic heterocycles. The summed E-state index contributed by atoms with van der Waals surface area (Å²) in [6.45, 7) is 6.51. The summed E-state index contributed by atoms with van der Waals surface area (Å²) in [6.07, 6.45) is 4.90. The van der Waals surface area contributed by atoms with Crippen LogP contribution in [0.5, 0.6) is 0 Å². The summed E-state index contributed by atoms with van der Waals surface area (Å²) < 4.78 is 2.16. The third-order valence-corrected chi connectivity index (χ3v) is 5.04. The predicted octanol–water partition coefficient (Wildman–Crippen LogP) is 3.51. The summed E-state index contributed by atoms with van der Waals surface area (Å²) in [5, 5.41) is 6.78. The van der Waals surface area contributed by atoms with E-state index in [4.69, 9.17) is 0 Å². The van der Waals surface area contributed by atoms with E-state index in [1.54, 1.807) is 7.05 Å². The van der Waals surface area contributed by atoms with Crippen molar-refractivity contribution >= 4 is 11.6 Å². The average Bonchev–Trinajstić information content (AvgIpc) is 3.24. The van der Waals surface area contributed by atoms with E-state index in [1.807, 2.05) is 18.5 Å². The molecule has 0 bridgehead atoms. The lowest BCUT2D eigenvalue weighted by Crippen LogP contribution is -2.39. The van der Waals surface area contributed by atoms with Gasteiger partial charge in [-0.1, -0.05) is 48.5 Å². The molecule has 6 heteroatoms. The van der Waals surface area contributed by atoms with E-state index in [0.717, 1.165) is 44.4 Å². The molecule has 0 aliphatic carbocycles. The lowest BCUT2D eigenvalue weighted by atomic mass is 10.2. The molecule has 0 saturated carbocycles. The van der Waals surface area contributed by atoms with Crippen LogP contribution in [-0.4, -0.2) is 42.2 Å². The Labute approximate surface area is 179 Å². The van der Waals surface area contributed by atoms with E-state index in [9.17, 15) is 0 Å². The minimum absolute atomic E-state index is 0.630. The number of hydrogen-bond acceptors (Lipinski definition) is 3. The molecule has 1 aromatic heterocycles. The van der Waals surface area contributed by atoms with Gasteiger partial charge in [-0.3, -0.25) is 4.99 Å². The van der Waals surface area contributed by atoms with Crippen LogP contribution in [0.3, 0.4) is 0 Å². The van der Waals surface area contributed by atoms with E-state index in [-0.39, 0.29) is 0 Å². The van der Waals surface area contributed by atoms with Gasteiger partial charge in [0.2, 0.25) is 0 Å². The normalized spacial score (nSPS) is 11.3. The molecule has 0 saturated heterocycles. The van der Waals surface area contributed by atoms with Gasteiger partial charge in [0.25, 0.3) is 0 Å². The standard InChI is InChI=1S/C24H32N6/c1-3-29(22-13-8-5-9-14-22)17-10-15-27-24(25-2)28-19-23-26-16-18-30(23)20-21-11-6-4-7-12-21/h4-9,11-14,16,18H,3,10,15,17,19-20H2,1-2H3,(H2,25,27,28). The van der Waals surface area contributed by atoms with Gasteiger partial charge in [0.05, 0.1) is 6.54 Å². The number of para-hydroxylation sites is 1. The maximum Gasteiger partial charge on any atom is 0.191 e. The first-order valence-electron chi connectivity index (χ1n) is 10.6. The first kappa shape index (κ1) is 21.4. The minimum Gasteiger partial charge on any atom is -0.372 e. The van der Waals surface area contributed by atoms with Crippen molar-refractivity contribution in [2.24, 2.45) is 4.99 Å². The number of anilines is 1. The SMILES string of the molecule is CCN(CCCNC(=NC)NCc1nccn1Cc1ccccc1)c1ccccc1. The summed E-state index contributed by atoms with van der Waals surface area (Å²) in [4.78, 5) is 11.2. The number of rotatable bonds is 10. The third kappa shape index (κ3) is 6.37. The number of nitrogens with one attached hydrogen (secondary N) is 2. The highest BCUT2D eigenvalue weighted by Crippen LogP contribution is 2.12. The van der Waals surface area contributed by atoms with E-state index in [0.29, 0.717) is 6.54 Å². The molecule has 0 fully saturated rings. The highest BCUT2D eigenvalue weighted by Gasteiger charge is 2.06. The van der Waals surface area contributed by atoms with Crippen LogP contribution in [0.4, 0.5) is 5.69 Å². The Morgan fingerprint density at radius 2 is 1.77 bits per heavy atom. The number of aromatic nitrogens is 2. The maximum atomic E-state index is 4.49. The van der Waals surface area contributed by atoms with Gasteiger partial charge in [0.15, 0.2) is 5.96 Å². The second-order valence-electron chi connectivity index (χ2n) is 7.08. The molecule has 3 rings (SSSR count). The van der Waals surface area contributed by atoms with Crippen molar-refractivity contribution in [3.05, 3.63) is 84.4 Å². The molecule has 0 atom stereocenters. The van der Waals surface area contributed by atoms with Crippen LogP contribution in [0.15, 0.2) is 78.0 Å². The highest BCUT2D eigenvalue weighted by molar-refractivity contribution is 5.79. The summed E-state index contributed by atoms with van der Waals surface area (Å²) in [5.41, 5.74) is 2.53. The van der Waals surface area contributed by atoms with Gasteiger partial charge in [-0.25, -0.2) is 4.98 Å². The molecule has 0 unspecified atom stereocenters. The monoisotopic (exact) mass is 404 g/mol. The van der Waals surface area contributed by atoms with Crippen molar-refractivity contribution in [2.45, 2.75) is 26.4 Å². The number of aliphatic imine (C=N–C) groups is 1. The van der Waals surface area contributed by atoms with Gasteiger partial charge in [0.1, 0.15) is 5.82 Å². The number of hydrogen-bond donors (Lipinski definition) is 2. The van der Waals surface area contributed by atoms with E-state index < -0.39 is 0 Å². The fourth-order valence-electron chi connectivity index (χ4n) is 3.40. The first-order valence-corrected chi connectivity index (χ1v) is 10.6. The van der Waals surface area contributed by atoms with Gasteiger partial charge < -0.3 is 20.1 Å². The smallest absolute Gasteiger partial charge is 0.191 e. The van der Waals surface area contributed by atoms with Gasteiger partial charge >= 0.3 is 0 Å². The quantitative estimate of drug-likeness (QED) is 0.308. The van der Waals surface area contributed by atoms with Crippen LogP contribution in [-0.2, 0) is 13.1 Å². The zero-order chi connectivity index (χ0) is 21.0. The Morgan fingerprint density at radius 1 is 1.03 bits per heavy atom. The van der Waals surface area contributed by atoms with E-state index in [2.05, 4.69) is 91.6 Å². The van der Waals surface area contributed by atoms with Crippen LogP contribution in [0, 0.1) is 0 Å². The molecule has 2 aromatic carbocycles. The van der Waals surface area contributed by atoms with E-state index in [1.165, 1.54) is 11.3 Å². The molecule has 0 amide bonds. The van der Waals surface area contributed by atoms with Crippen LogP contribution >= 0.6 is 0 Å². The summed E-state index contributed by atoms with van der Waals surface area (Å²) in [5.74, 6) is 1.79. The Hall–Kier alpha value is -3.28. The van der Waals surface area contributed by atoms with Crippen LogP contribution in [0.2, 0.25) is 0 Å². The molecular weight excluding hydrogens is 372 g/mol. The van der Waals surface area contributed by atoms with E-state index >= 15 is 0 Å². The summed E-state index contributed by atoms with van der Waals surface area (Å²) in [6, 6.07) is 21.0. The number of imidazole rings is 1. The molecule has 158 valence electrons. The Balaban J connectivity index is 1.43. The van der Waals surface area contributed by atoms with Crippen molar-refractivity contribution in [3.8, 4) is 0 Å². The van der Waals surface area contributed by atoms with Crippen molar-refractivity contribution in [1.29, 1.82) is 0 Å². The largest absolute Gasteiger partial charge is 0.372 e. The Bertz CT molecular complexity index is 888. The molecule has 0 aliphatic rings. The molecule has 1 heterocycles. The molecule has 2 N–H and O–H groups in total. The van der Waals surface area contributed by atoms with Gasteiger partial charge in [-0.05, 0) is 31.0 Å². The van der Waals surface area contributed by atoms with Crippen molar-refractivity contribution < 1.29 is 0 Å². The zero-order valence-corrected chi connectivity index (χ0v) is 18.0. The average molecular weight is 405 g/mol. The van der Waals surface area contributed by atoms with Crippen molar-refractivity contribution in [2.75, 3.05) is 31.6 Å². The number of guanidine groups is 1. The Kier molecular flexibility index (Phi) is 8.33. The molecular formula is C24H32N6. The highest BCUT2D eigenvalue weighted by atomic mass is 15.2. The summed E-state index contributed by atoms with van der Waals surface area (Å²) in [7, 11) is 1.80. The molecule has 0 spiro atoms. The molecule has 6 nitrogen and oxygen atoms in total. The molecule has 3 aromatic rings. The van der Waals surface area contributed by atoms with Gasteiger partial charge in [0, 0.05) is 51.3 Å². The first-order chi connectivity index (χ1) is 14.8. The van der Waals surface area contributed by atoms with Crippen molar-refractivity contribution in [3.63, 3.8) is 0 Å². The zero-order valence-electron chi connectivity index (χ0n) is 18.0.